The highest BCUT2D eigenvalue weighted by molar-refractivity contribution is 7.99. The molecule has 0 saturated carbocycles. The number of rotatable bonds is 5. The monoisotopic (exact) mass is 320 g/mol. The summed E-state index contributed by atoms with van der Waals surface area (Å²) < 4.78 is 0. The van der Waals surface area contributed by atoms with Crippen LogP contribution in [-0.4, -0.2) is 27.8 Å². The van der Waals surface area contributed by atoms with Gasteiger partial charge in [-0.1, -0.05) is 11.8 Å². The molecule has 0 atom stereocenters. The summed E-state index contributed by atoms with van der Waals surface area (Å²) in [6.07, 6.45) is 1.65. The molecule has 1 amide bonds. The van der Waals surface area contributed by atoms with Gasteiger partial charge >= 0.3 is 0 Å². The number of carbonyl (C=O) groups is 1. The zero-order chi connectivity index (χ0) is 15.2. The van der Waals surface area contributed by atoms with Gasteiger partial charge in [-0.25, -0.2) is 15.4 Å². The minimum atomic E-state index is -0.174. The van der Waals surface area contributed by atoms with E-state index in [4.69, 9.17) is 0 Å². The lowest BCUT2D eigenvalue weighted by atomic mass is 10.4. The Morgan fingerprint density at radius 3 is 2.67 bits per heavy atom. The predicted molar refractivity (Wildman–Crippen MR) is 87.0 cm³/mol. The SMILES string of the molecule is Cc1cc(C)nc(SCC(=O)N/N=C/c2ccc(C)s2)n1. The van der Waals surface area contributed by atoms with Crippen LogP contribution in [0.2, 0.25) is 0 Å². The van der Waals surface area contributed by atoms with Gasteiger partial charge in [0.2, 0.25) is 0 Å². The number of carbonyl (C=O) groups excluding carboxylic acids is 1. The molecule has 2 rings (SSSR count). The molecule has 0 aromatic carbocycles. The second-order valence-electron chi connectivity index (χ2n) is 4.46. The third-order valence-corrected chi connectivity index (χ3v) is 4.22. The highest BCUT2D eigenvalue weighted by atomic mass is 32.2. The number of amides is 1. The smallest absolute Gasteiger partial charge is 0.250 e. The summed E-state index contributed by atoms with van der Waals surface area (Å²) in [4.78, 5) is 22.5. The molecular weight excluding hydrogens is 304 g/mol. The quantitative estimate of drug-likeness (QED) is 0.398. The molecule has 0 fully saturated rings. The summed E-state index contributed by atoms with van der Waals surface area (Å²) in [6.45, 7) is 5.85. The minimum Gasteiger partial charge on any atom is -0.272 e. The van der Waals surface area contributed by atoms with Gasteiger partial charge in [0.15, 0.2) is 5.16 Å². The molecule has 0 saturated heterocycles. The van der Waals surface area contributed by atoms with Gasteiger partial charge in [-0.2, -0.15) is 5.10 Å². The second kappa shape index (κ2) is 7.33. The Kier molecular flexibility index (Phi) is 5.46. The number of aromatic nitrogens is 2. The van der Waals surface area contributed by atoms with Crippen molar-refractivity contribution in [3.8, 4) is 0 Å². The zero-order valence-electron chi connectivity index (χ0n) is 12.1. The van der Waals surface area contributed by atoms with Crippen molar-refractivity contribution in [2.45, 2.75) is 25.9 Å². The first-order valence-corrected chi connectivity index (χ1v) is 8.16. The van der Waals surface area contributed by atoms with Crippen LogP contribution in [0, 0.1) is 20.8 Å². The molecule has 2 heterocycles. The first-order valence-electron chi connectivity index (χ1n) is 6.36. The molecule has 5 nitrogen and oxygen atoms in total. The highest BCUT2D eigenvalue weighted by Gasteiger charge is 2.05. The van der Waals surface area contributed by atoms with Crippen molar-refractivity contribution in [1.82, 2.24) is 15.4 Å². The van der Waals surface area contributed by atoms with Crippen LogP contribution in [0.25, 0.3) is 0 Å². The third kappa shape index (κ3) is 5.28. The molecule has 0 bridgehead atoms. The Balaban J connectivity index is 1.80. The summed E-state index contributed by atoms with van der Waals surface area (Å²) in [5.41, 5.74) is 4.30. The number of thiophene rings is 1. The predicted octanol–water partition coefficient (Wildman–Crippen LogP) is 2.71. The topological polar surface area (TPSA) is 67.2 Å². The average Bonchev–Trinajstić information content (AvgIpc) is 2.81. The van der Waals surface area contributed by atoms with Crippen LogP contribution in [0.15, 0.2) is 28.5 Å². The van der Waals surface area contributed by atoms with Crippen LogP contribution in [0.1, 0.15) is 21.1 Å². The average molecular weight is 320 g/mol. The number of nitrogens with one attached hydrogen (secondary N) is 1. The van der Waals surface area contributed by atoms with Crippen molar-refractivity contribution in [3.63, 3.8) is 0 Å². The molecule has 0 unspecified atom stereocenters. The van der Waals surface area contributed by atoms with E-state index in [0.717, 1.165) is 16.3 Å². The zero-order valence-corrected chi connectivity index (χ0v) is 13.7. The van der Waals surface area contributed by atoms with Crippen LogP contribution < -0.4 is 5.43 Å². The fraction of sp³-hybridized carbons (Fsp3) is 0.286. The van der Waals surface area contributed by atoms with E-state index in [1.54, 1.807) is 17.6 Å². The van der Waals surface area contributed by atoms with Crippen LogP contribution in [-0.2, 0) is 4.79 Å². The van der Waals surface area contributed by atoms with Gasteiger partial charge in [0, 0.05) is 21.1 Å². The highest BCUT2D eigenvalue weighted by Crippen LogP contribution is 2.14. The summed E-state index contributed by atoms with van der Waals surface area (Å²) in [5, 5.41) is 4.55. The lowest BCUT2D eigenvalue weighted by Crippen LogP contribution is -2.19. The van der Waals surface area contributed by atoms with E-state index in [9.17, 15) is 4.79 Å². The second-order valence-corrected chi connectivity index (χ2v) is 6.73. The van der Waals surface area contributed by atoms with Crippen LogP contribution in [0.4, 0.5) is 0 Å². The van der Waals surface area contributed by atoms with E-state index in [1.165, 1.54) is 16.6 Å². The molecule has 0 aliphatic heterocycles. The molecule has 0 aliphatic carbocycles. The number of hydrazone groups is 1. The van der Waals surface area contributed by atoms with Gasteiger partial charge < -0.3 is 0 Å². The molecule has 2 aromatic heterocycles. The van der Waals surface area contributed by atoms with Crippen molar-refractivity contribution in [2.75, 3.05) is 5.75 Å². The Bertz CT molecular complexity index is 646. The van der Waals surface area contributed by atoms with Gasteiger partial charge in [0.1, 0.15) is 0 Å². The maximum absolute atomic E-state index is 11.7. The summed E-state index contributed by atoms with van der Waals surface area (Å²) in [6, 6.07) is 5.88. The first-order chi connectivity index (χ1) is 10.0. The van der Waals surface area contributed by atoms with E-state index < -0.39 is 0 Å². The molecule has 0 aliphatic rings. The number of aryl methyl sites for hydroxylation is 3. The Morgan fingerprint density at radius 1 is 1.33 bits per heavy atom. The normalized spacial score (nSPS) is 11.0. The van der Waals surface area contributed by atoms with E-state index in [0.29, 0.717) is 5.16 Å². The van der Waals surface area contributed by atoms with Gasteiger partial charge in [-0.05, 0) is 39.0 Å². The summed E-state index contributed by atoms with van der Waals surface area (Å²) in [5.74, 6) is 0.0660. The molecular formula is C14H16N4OS2. The molecule has 21 heavy (non-hydrogen) atoms. The van der Waals surface area contributed by atoms with Gasteiger partial charge in [0.25, 0.3) is 5.91 Å². The van der Waals surface area contributed by atoms with Gasteiger partial charge in [-0.3, -0.25) is 4.79 Å². The number of hydrogen-bond acceptors (Lipinski definition) is 6. The maximum Gasteiger partial charge on any atom is 0.250 e. The molecule has 7 heteroatoms. The largest absolute Gasteiger partial charge is 0.272 e. The van der Waals surface area contributed by atoms with Crippen molar-refractivity contribution < 1.29 is 4.79 Å². The maximum atomic E-state index is 11.7. The van der Waals surface area contributed by atoms with Gasteiger partial charge in [-0.15, -0.1) is 11.3 Å². The molecule has 2 aromatic rings. The third-order valence-electron chi connectivity index (χ3n) is 2.44. The Hall–Kier alpha value is -1.73. The fourth-order valence-corrected chi connectivity index (χ4v) is 3.10. The van der Waals surface area contributed by atoms with Gasteiger partial charge in [0.05, 0.1) is 12.0 Å². The van der Waals surface area contributed by atoms with E-state index in [-0.39, 0.29) is 11.7 Å². The van der Waals surface area contributed by atoms with E-state index in [1.807, 2.05) is 39.0 Å². The molecule has 0 spiro atoms. The number of hydrogen-bond donors (Lipinski definition) is 1. The van der Waals surface area contributed by atoms with Crippen molar-refractivity contribution in [2.24, 2.45) is 5.10 Å². The van der Waals surface area contributed by atoms with Crippen molar-refractivity contribution in [1.29, 1.82) is 0 Å². The standard InChI is InChI=1S/C14H16N4OS2/c1-9-6-10(2)17-14(16-9)20-8-13(19)18-15-7-12-5-4-11(3)21-12/h4-7H,8H2,1-3H3,(H,18,19)/b15-7+. The minimum absolute atomic E-state index is 0.174. The van der Waals surface area contributed by atoms with E-state index in [2.05, 4.69) is 20.5 Å². The Labute approximate surface area is 131 Å². The lowest BCUT2D eigenvalue weighted by Gasteiger charge is -2.02. The lowest BCUT2D eigenvalue weighted by molar-refractivity contribution is -0.118. The van der Waals surface area contributed by atoms with E-state index >= 15 is 0 Å². The van der Waals surface area contributed by atoms with Crippen LogP contribution in [0.5, 0.6) is 0 Å². The van der Waals surface area contributed by atoms with Crippen molar-refractivity contribution >= 4 is 35.2 Å². The van der Waals surface area contributed by atoms with Crippen LogP contribution in [0.3, 0.4) is 0 Å². The Morgan fingerprint density at radius 2 is 2.05 bits per heavy atom. The summed E-state index contributed by atoms with van der Waals surface area (Å²) in [7, 11) is 0. The fourth-order valence-electron chi connectivity index (χ4n) is 1.61. The number of thioether (sulfide) groups is 1. The molecule has 110 valence electrons. The summed E-state index contributed by atoms with van der Waals surface area (Å²) >= 11 is 2.93. The van der Waals surface area contributed by atoms with Crippen LogP contribution >= 0.6 is 23.1 Å². The number of nitrogens with zero attached hydrogens (tertiary/aromatic N) is 3. The molecule has 0 radical (unpaired) electrons. The first kappa shape index (κ1) is 15.7. The molecule has 1 N–H and O–H groups in total. The van der Waals surface area contributed by atoms with Crippen molar-refractivity contribution in [3.05, 3.63) is 39.3 Å².